The molecule has 110 valence electrons. The summed E-state index contributed by atoms with van der Waals surface area (Å²) in [6.07, 6.45) is -2.11. The molecule has 1 rings (SSSR count). The minimum absolute atomic E-state index is 0. The lowest BCUT2D eigenvalue weighted by atomic mass is 10.0. The van der Waals surface area contributed by atoms with Crippen molar-refractivity contribution in [2.75, 3.05) is 6.54 Å². The average Bonchev–Trinajstić information content (AvgIpc) is 2.28. The number of hydrogen-bond acceptors (Lipinski definition) is 3. The molecule has 0 saturated carbocycles. The maximum Gasteiger partial charge on any atom is 0.573 e. The van der Waals surface area contributed by atoms with Gasteiger partial charge in [0.05, 0.1) is 0 Å². The van der Waals surface area contributed by atoms with E-state index in [0.29, 0.717) is 6.54 Å². The molecule has 19 heavy (non-hydrogen) atoms. The van der Waals surface area contributed by atoms with Crippen LogP contribution in [0.3, 0.4) is 0 Å². The molecule has 7 heteroatoms. The standard InChI is InChI=1S/C12H17F3N2O.ClH/c13-12(14,15)18-10-6-4-9(5-7-10)11(17)3-1-2-8-16;/h4-7,11H,1-3,8,16-17H2;1H/t11-;/m0./s1. The molecule has 0 aromatic heterocycles. The zero-order valence-corrected chi connectivity index (χ0v) is 11.1. The smallest absolute Gasteiger partial charge is 0.406 e. The third kappa shape index (κ3) is 7.25. The minimum Gasteiger partial charge on any atom is -0.406 e. The number of halogens is 4. The Hall–Kier alpha value is -0.980. The SMILES string of the molecule is Cl.NCCCC[C@H](N)c1ccc(OC(F)(F)F)cc1. The summed E-state index contributed by atoms with van der Waals surface area (Å²) in [5.74, 6) is -0.236. The molecule has 0 bridgehead atoms. The molecule has 3 nitrogen and oxygen atoms in total. The Morgan fingerprint density at radius 2 is 1.68 bits per heavy atom. The van der Waals surface area contributed by atoms with Crippen molar-refractivity contribution >= 4 is 12.4 Å². The van der Waals surface area contributed by atoms with E-state index >= 15 is 0 Å². The Morgan fingerprint density at radius 1 is 1.11 bits per heavy atom. The summed E-state index contributed by atoms with van der Waals surface area (Å²) in [7, 11) is 0. The van der Waals surface area contributed by atoms with Crippen molar-refractivity contribution in [1.29, 1.82) is 0 Å². The molecule has 0 aliphatic carbocycles. The van der Waals surface area contributed by atoms with Crippen LogP contribution in [0.5, 0.6) is 5.75 Å². The maximum absolute atomic E-state index is 11.9. The zero-order chi connectivity index (χ0) is 13.6. The highest BCUT2D eigenvalue weighted by Gasteiger charge is 2.30. The van der Waals surface area contributed by atoms with Gasteiger partial charge in [-0.3, -0.25) is 0 Å². The molecule has 0 unspecified atom stereocenters. The van der Waals surface area contributed by atoms with Crippen LogP contribution in [0.15, 0.2) is 24.3 Å². The summed E-state index contributed by atoms with van der Waals surface area (Å²) in [6.45, 7) is 0.616. The van der Waals surface area contributed by atoms with Gasteiger partial charge in [0.15, 0.2) is 0 Å². The molecule has 0 saturated heterocycles. The van der Waals surface area contributed by atoms with E-state index in [4.69, 9.17) is 11.5 Å². The first kappa shape index (κ1) is 18.0. The van der Waals surface area contributed by atoms with Crippen LogP contribution < -0.4 is 16.2 Å². The van der Waals surface area contributed by atoms with E-state index in [9.17, 15) is 13.2 Å². The van der Waals surface area contributed by atoms with Gasteiger partial charge in [-0.1, -0.05) is 18.6 Å². The highest BCUT2D eigenvalue weighted by Crippen LogP contribution is 2.25. The van der Waals surface area contributed by atoms with Gasteiger partial charge < -0.3 is 16.2 Å². The predicted octanol–water partition coefficient (Wildman–Crippen LogP) is 3.14. The fourth-order valence-corrected chi connectivity index (χ4v) is 1.59. The molecule has 1 aromatic rings. The molecule has 1 aromatic carbocycles. The summed E-state index contributed by atoms with van der Waals surface area (Å²) in [5, 5.41) is 0. The van der Waals surface area contributed by atoms with Crippen LogP contribution in [0, 0.1) is 0 Å². The van der Waals surface area contributed by atoms with Crippen molar-refractivity contribution in [3.63, 3.8) is 0 Å². The van der Waals surface area contributed by atoms with Gasteiger partial charge in [0.2, 0.25) is 0 Å². The van der Waals surface area contributed by atoms with E-state index in [1.54, 1.807) is 12.1 Å². The monoisotopic (exact) mass is 298 g/mol. The van der Waals surface area contributed by atoms with E-state index in [1.807, 2.05) is 0 Å². The molecule has 0 amide bonds. The third-order valence-electron chi connectivity index (χ3n) is 2.51. The summed E-state index contributed by atoms with van der Waals surface area (Å²) < 4.78 is 39.6. The lowest BCUT2D eigenvalue weighted by molar-refractivity contribution is -0.274. The normalized spacial score (nSPS) is 12.7. The van der Waals surface area contributed by atoms with Gasteiger partial charge in [-0.25, -0.2) is 0 Å². The minimum atomic E-state index is -4.66. The largest absolute Gasteiger partial charge is 0.573 e. The van der Waals surface area contributed by atoms with E-state index in [1.165, 1.54) is 12.1 Å². The molecule has 0 fully saturated rings. The maximum atomic E-state index is 11.9. The summed E-state index contributed by atoms with van der Waals surface area (Å²) in [4.78, 5) is 0. The fraction of sp³-hybridized carbons (Fsp3) is 0.500. The molecule has 0 radical (unpaired) electrons. The number of benzene rings is 1. The molecule has 0 heterocycles. The molecular weight excluding hydrogens is 281 g/mol. The van der Waals surface area contributed by atoms with Crippen molar-refractivity contribution in [2.24, 2.45) is 11.5 Å². The van der Waals surface area contributed by atoms with Crippen LogP contribution in [0.1, 0.15) is 30.9 Å². The van der Waals surface area contributed by atoms with Gasteiger partial charge in [0.25, 0.3) is 0 Å². The fourth-order valence-electron chi connectivity index (χ4n) is 1.59. The molecular formula is C12H18ClF3N2O. The van der Waals surface area contributed by atoms with Gasteiger partial charge in [0, 0.05) is 6.04 Å². The Labute approximate surface area is 116 Å². The second-order valence-electron chi connectivity index (χ2n) is 4.01. The Morgan fingerprint density at radius 3 is 2.16 bits per heavy atom. The van der Waals surface area contributed by atoms with Gasteiger partial charge in [-0.2, -0.15) is 0 Å². The van der Waals surface area contributed by atoms with E-state index in [-0.39, 0.29) is 24.2 Å². The predicted molar refractivity (Wildman–Crippen MR) is 70.2 cm³/mol. The van der Waals surface area contributed by atoms with Gasteiger partial charge in [-0.15, -0.1) is 25.6 Å². The first-order valence-corrected chi connectivity index (χ1v) is 5.74. The zero-order valence-electron chi connectivity index (χ0n) is 10.3. The number of alkyl halides is 3. The van der Waals surface area contributed by atoms with E-state index in [0.717, 1.165) is 24.8 Å². The van der Waals surface area contributed by atoms with Crippen molar-refractivity contribution in [3.8, 4) is 5.75 Å². The van der Waals surface area contributed by atoms with Crippen LogP contribution in [0.4, 0.5) is 13.2 Å². The van der Waals surface area contributed by atoms with Crippen molar-refractivity contribution in [2.45, 2.75) is 31.7 Å². The molecule has 1 atom stereocenters. The van der Waals surface area contributed by atoms with Crippen LogP contribution >= 0.6 is 12.4 Å². The Balaban J connectivity index is 0.00000324. The summed E-state index contributed by atoms with van der Waals surface area (Å²) >= 11 is 0. The first-order chi connectivity index (χ1) is 8.42. The van der Waals surface area contributed by atoms with Crippen LogP contribution in [-0.2, 0) is 0 Å². The summed E-state index contributed by atoms with van der Waals surface area (Å²) in [5.41, 5.74) is 12.1. The topological polar surface area (TPSA) is 61.3 Å². The number of ether oxygens (including phenoxy) is 1. The third-order valence-corrected chi connectivity index (χ3v) is 2.51. The van der Waals surface area contributed by atoms with Gasteiger partial charge in [-0.05, 0) is 37.1 Å². The van der Waals surface area contributed by atoms with Crippen molar-refractivity contribution < 1.29 is 17.9 Å². The van der Waals surface area contributed by atoms with Crippen LogP contribution in [-0.4, -0.2) is 12.9 Å². The quantitative estimate of drug-likeness (QED) is 0.793. The molecule has 0 aliphatic heterocycles. The number of nitrogens with two attached hydrogens (primary N) is 2. The second-order valence-corrected chi connectivity index (χ2v) is 4.01. The van der Waals surface area contributed by atoms with E-state index in [2.05, 4.69) is 4.74 Å². The lowest BCUT2D eigenvalue weighted by Crippen LogP contribution is -2.17. The molecule has 0 aliphatic rings. The summed E-state index contributed by atoms with van der Waals surface area (Å²) in [6, 6.07) is 5.45. The number of hydrogen-bond donors (Lipinski definition) is 2. The van der Waals surface area contributed by atoms with Gasteiger partial charge >= 0.3 is 6.36 Å². The van der Waals surface area contributed by atoms with Crippen LogP contribution in [0.25, 0.3) is 0 Å². The first-order valence-electron chi connectivity index (χ1n) is 5.74. The average molecular weight is 299 g/mol. The highest BCUT2D eigenvalue weighted by atomic mass is 35.5. The Bertz CT molecular complexity index is 357. The number of unbranched alkanes of at least 4 members (excludes halogenated alkanes) is 1. The lowest BCUT2D eigenvalue weighted by Gasteiger charge is -2.13. The van der Waals surface area contributed by atoms with Gasteiger partial charge in [0.1, 0.15) is 5.75 Å². The molecule has 4 N–H and O–H groups in total. The van der Waals surface area contributed by atoms with E-state index < -0.39 is 6.36 Å². The highest BCUT2D eigenvalue weighted by molar-refractivity contribution is 5.85. The second kappa shape index (κ2) is 8.24. The van der Waals surface area contributed by atoms with Crippen molar-refractivity contribution in [3.05, 3.63) is 29.8 Å². The van der Waals surface area contributed by atoms with Crippen LogP contribution in [0.2, 0.25) is 0 Å². The Kier molecular flexibility index (Phi) is 7.82. The van der Waals surface area contributed by atoms with Crippen molar-refractivity contribution in [1.82, 2.24) is 0 Å². The number of rotatable bonds is 6. The molecule has 0 spiro atoms.